The molecule has 43 heavy (non-hydrogen) atoms. The summed E-state index contributed by atoms with van der Waals surface area (Å²) in [6.45, 7) is 11.9. The lowest BCUT2D eigenvalue weighted by Crippen LogP contribution is -2.58. The summed E-state index contributed by atoms with van der Waals surface area (Å²) >= 11 is 0. The van der Waals surface area contributed by atoms with Gasteiger partial charge in [0.15, 0.2) is 5.65 Å². The summed E-state index contributed by atoms with van der Waals surface area (Å²) in [6, 6.07) is 2.55. The van der Waals surface area contributed by atoms with E-state index in [4.69, 9.17) is 0 Å². The van der Waals surface area contributed by atoms with Gasteiger partial charge in [-0.25, -0.2) is 23.1 Å². The summed E-state index contributed by atoms with van der Waals surface area (Å²) in [4.78, 5) is 43.9. The second-order valence-corrected chi connectivity index (χ2v) is 11.4. The molecule has 0 radical (unpaired) electrons. The fraction of sp³-hybridized carbons (Fsp3) is 0.406. The molecule has 1 N–H and O–H groups in total. The normalized spacial score (nSPS) is 20.3. The Labute approximate surface area is 248 Å². The van der Waals surface area contributed by atoms with Crippen LogP contribution in [0.1, 0.15) is 62.9 Å². The van der Waals surface area contributed by atoms with Crippen LogP contribution in [0.2, 0.25) is 0 Å². The van der Waals surface area contributed by atoms with Crippen LogP contribution < -0.4 is 10.6 Å². The highest BCUT2D eigenvalue weighted by atomic mass is 19.1. The Morgan fingerprint density at radius 3 is 2.63 bits per heavy atom. The fourth-order valence-corrected chi connectivity index (χ4v) is 5.94. The third-order valence-electron chi connectivity index (χ3n) is 8.11. The highest BCUT2D eigenvalue weighted by Crippen LogP contribution is 2.36. The number of carbonyl (C=O) groups is 1. The number of carbonyl (C=O) groups excluding carboxylic acids is 1. The van der Waals surface area contributed by atoms with Gasteiger partial charge < -0.3 is 14.9 Å². The number of aliphatic hydroxyl groups is 1. The van der Waals surface area contributed by atoms with Crippen LogP contribution in [0.4, 0.5) is 14.6 Å². The minimum Gasteiger partial charge on any atom is -0.396 e. The van der Waals surface area contributed by atoms with Gasteiger partial charge in [0, 0.05) is 38.0 Å². The Bertz CT molecular complexity index is 1700. The summed E-state index contributed by atoms with van der Waals surface area (Å²) in [7, 11) is 0. The van der Waals surface area contributed by atoms with Crippen molar-refractivity contribution in [2.45, 2.75) is 64.5 Å². The van der Waals surface area contributed by atoms with Crippen molar-refractivity contribution in [1.29, 1.82) is 0 Å². The molecule has 1 saturated heterocycles. The maximum absolute atomic E-state index is 15.8. The molecular formula is C32H36F2N6O3. The van der Waals surface area contributed by atoms with E-state index in [-0.39, 0.29) is 53.1 Å². The molecule has 1 aliphatic carbocycles. The minimum absolute atomic E-state index is 0.0464. The predicted molar refractivity (Wildman–Crippen MR) is 162 cm³/mol. The number of amides is 1. The van der Waals surface area contributed by atoms with E-state index in [0.717, 1.165) is 5.56 Å². The molecule has 226 valence electrons. The molecule has 3 aromatic heterocycles. The van der Waals surface area contributed by atoms with E-state index in [2.05, 4.69) is 21.5 Å². The van der Waals surface area contributed by atoms with E-state index >= 15 is 4.39 Å². The number of aromatic nitrogens is 4. The summed E-state index contributed by atoms with van der Waals surface area (Å²) in [5.74, 6) is -2.35. The number of hydrogen-bond acceptors (Lipinski definition) is 7. The van der Waals surface area contributed by atoms with Gasteiger partial charge >= 0.3 is 5.69 Å². The molecule has 1 fully saturated rings. The predicted octanol–water partition coefficient (Wildman–Crippen LogP) is 4.48. The number of nitrogens with zero attached hydrogens (tertiary/aromatic N) is 6. The average Bonchev–Trinajstić information content (AvgIpc) is 3.41. The largest absolute Gasteiger partial charge is 0.396 e. The number of aliphatic hydroxyl groups excluding tert-OH is 1. The van der Waals surface area contributed by atoms with Crippen molar-refractivity contribution >= 4 is 22.8 Å². The Kier molecular flexibility index (Phi) is 8.55. The van der Waals surface area contributed by atoms with Crippen molar-refractivity contribution < 1.29 is 18.7 Å². The molecule has 4 heterocycles. The average molecular weight is 591 g/mol. The first kappa shape index (κ1) is 30.2. The first-order valence-corrected chi connectivity index (χ1v) is 14.5. The smallest absolute Gasteiger partial charge is 0.355 e. The van der Waals surface area contributed by atoms with E-state index in [0.29, 0.717) is 37.3 Å². The molecule has 11 heteroatoms. The van der Waals surface area contributed by atoms with E-state index in [1.807, 2.05) is 32.6 Å². The minimum atomic E-state index is -1.02. The van der Waals surface area contributed by atoms with E-state index in [9.17, 15) is 19.1 Å². The lowest BCUT2D eigenvalue weighted by Gasteiger charge is -2.44. The second kappa shape index (κ2) is 12.2. The Morgan fingerprint density at radius 1 is 1.21 bits per heavy atom. The van der Waals surface area contributed by atoms with Crippen LogP contribution in [0, 0.1) is 5.82 Å². The van der Waals surface area contributed by atoms with Gasteiger partial charge in [-0.3, -0.25) is 9.78 Å². The monoisotopic (exact) mass is 590 g/mol. The van der Waals surface area contributed by atoms with E-state index in [1.165, 1.54) is 34.9 Å². The van der Waals surface area contributed by atoms with Crippen molar-refractivity contribution in [2.75, 3.05) is 24.6 Å². The molecule has 3 atom stereocenters. The van der Waals surface area contributed by atoms with Crippen molar-refractivity contribution in [3.8, 4) is 5.69 Å². The molecule has 1 aliphatic heterocycles. The van der Waals surface area contributed by atoms with E-state index in [1.54, 1.807) is 17.2 Å². The Hall–Kier alpha value is -4.25. The number of rotatable bonds is 8. The summed E-state index contributed by atoms with van der Waals surface area (Å²) in [6.07, 6.45) is 8.13. The van der Waals surface area contributed by atoms with Crippen molar-refractivity contribution in [3.63, 3.8) is 0 Å². The summed E-state index contributed by atoms with van der Waals surface area (Å²) < 4.78 is 31.9. The molecular weight excluding hydrogens is 554 g/mol. The van der Waals surface area contributed by atoms with Crippen LogP contribution in [0.5, 0.6) is 0 Å². The maximum Gasteiger partial charge on any atom is 0.355 e. The zero-order valence-corrected chi connectivity index (χ0v) is 24.8. The third kappa shape index (κ3) is 5.49. The number of fused-ring (bicyclic) bond motifs is 1. The number of halogens is 2. The molecule has 5 rings (SSSR count). The third-order valence-corrected chi connectivity index (χ3v) is 8.11. The molecule has 3 aromatic rings. The molecule has 1 unspecified atom stereocenters. The molecule has 0 saturated carbocycles. The molecule has 9 nitrogen and oxygen atoms in total. The van der Waals surface area contributed by atoms with Crippen molar-refractivity contribution in [3.05, 3.63) is 88.3 Å². The number of hydrogen-bond donors (Lipinski definition) is 1. The van der Waals surface area contributed by atoms with E-state index < -0.39 is 23.3 Å². The van der Waals surface area contributed by atoms with Gasteiger partial charge in [-0.1, -0.05) is 32.6 Å². The lowest BCUT2D eigenvalue weighted by molar-refractivity contribution is -0.128. The van der Waals surface area contributed by atoms with Crippen LogP contribution in [0.15, 0.2) is 59.8 Å². The van der Waals surface area contributed by atoms with Crippen molar-refractivity contribution in [2.24, 2.45) is 0 Å². The van der Waals surface area contributed by atoms with Gasteiger partial charge in [-0.2, -0.15) is 4.98 Å². The number of allylic oxidation sites excluding steroid dienone is 4. The highest BCUT2D eigenvalue weighted by molar-refractivity contribution is 5.90. The Morgan fingerprint density at radius 2 is 1.98 bits per heavy atom. The number of aryl methyl sites for hydroxylation is 1. The van der Waals surface area contributed by atoms with Crippen LogP contribution in [0.25, 0.3) is 16.7 Å². The first-order chi connectivity index (χ1) is 20.6. The fourth-order valence-electron chi connectivity index (χ4n) is 5.94. The number of anilines is 1. The molecule has 0 aromatic carbocycles. The van der Waals surface area contributed by atoms with Gasteiger partial charge in [-0.15, -0.1) is 0 Å². The van der Waals surface area contributed by atoms with Crippen LogP contribution in [-0.2, 0) is 11.2 Å². The van der Waals surface area contributed by atoms with Gasteiger partial charge in [0.2, 0.25) is 5.91 Å². The van der Waals surface area contributed by atoms with Gasteiger partial charge in [0.05, 0.1) is 28.4 Å². The van der Waals surface area contributed by atoms with Gasteiger partial charge in [-0.05, 0) is 62.5 Å². The summed E-state index contributed by atoms with van der Waals surface area (Å²) in [5, 5.41) is 9.85. The molecule has 0 bridgehead atoms. The molecule has 0 spiro atoms. The number of piperazine rings is 1. The SMILES string of the molecule is C=CC(=O)N1C[C@H](C)N(c2nc(=O)n(-c3c(CCCO)ccnc3C(C)C)c3nc(C4C=CC=C4F)c(F)cc23)C[C@H]1C. The second-order valence-electron chi connectivity index (χ2n) is 11.4. The Balaban J connectivity index is 1.80. The standard InChI is InChI=1S/C32H36F2N6O3/c1-6-26(42)38-16-20(5)39(17-19(38)4)30-23-15-25(34)28(22-10-7-11-24(22)33)36-31(23)40(32(43)37-30)29-21(9-8-14-41)12-13-35-27(29)18(2)3/h6-7,10-13,15,18-20,22,41H,1,8-9,14,16-17H2,2-5H3/t19-,20+,22?/m1/s1. The molecule has 1 amide bonds. The topological polar surface area (TPSA) is 104 Å². The number of pyridine rings is 2. The van der Waals surface area contributed by atoms with Gasteiger partial charge in [0.25, 0.3) is 0 Å². The van der Waals surface area contributed by atoms with Crippen molar-refractivity contribution in [1.82, 2.24) is 24.4 Å². The van der Waals surface area contributed by atoms with Crippen LogP contribution in [-0.4, -0.2) is 67.2 Å². The summed E-state index contributed by atoms with van der Waals surface area (Å²) in [5.41, 5.74) is 1.19. The maximum atomic E-state index is 15.8. The van der Waals surface area contributed by atoms with Crippen LogP contribution in [0.3, 0.4) is 0 Å². The first-order valence-electron chi connectivity index (χ1n) is 14.5. The zero-order valence-electron chi connectivity index (χ0n) is 24.8. The van der Waals surface area contributed by atoms with Crippen LogP contribution >= 0.6 is 0 Å². The molecule has 2 aliphatic rings. The zero-order chi connectivity index (χ0) is 31.0. The highest BCUT2D eigenvalue weighted by Gasteiger charge is 2.34. The van der Waals surface area contributed by atoms with Gasteiger partial charge in [0.1, 0.15) is 17.5 Å². The lowest BCUT2D eigenvalue weighted by atomic mass is 10.0. The quantitative estimate of drug-likeness (QED) is 0.386.